The second-order valence-electron chi connectivity index (χ2n) is 0.768. The molecular formula is C4H4Cl2O3. The van der Waals surface area contributed by atoms with E-state index in [0.29, 0.717) is 0 Å². The molecule has 9 heavy (non-hydrogen) atoms. The molecule has 3 nitrogen and oxygen atoms in total. The van der Waals surface area contributed by atoms with Gasteiger partial charge < -0.3 is 5.11 Å². The molecule has 0 aliphatic heterocycles. The van der Waals surface area contributed by atoms with Crippen LogP contribution in [-0.2, 0) is 4.79 Å². The van der Waals surface area contributed by atoms with Crippen molar-refractivity contribution in [3.8, 4) is 0 Å². The predicted molar refractivity (Wildman–Crippen MR) is 34.9 cm³/mol. The van der Waals surface area contributed by atoms with E-state index in [1.807, 2.05) is 0 Å². The maximum atomic E-state index is 9.25. The van der Waals surface area contributed by atoms with E-state index in [1.54, 1.807) is 0 Å². The topological polar surface area (TPSA) is 54.4 Å². The molecule has 0 rings (SSSR count). The van der Waals surface area contributed by atoms with E-state index in [9.17, 15) is 4.79 Å². The van der Waals surface area contributed by atoms with Gasteiger partial charge in [0.25, 0.3) is 0 Å². The van der Waals surface area contributed by atoms with Gasteiger partial charge in [0.15, 0.2) is 0 Å². The van der Waals surface area contributed by atoms with Crippen LogP contribution in [0.1, 0.15) is 0 Å². The zero-order chi connectivity index (χ0) is 7.86. The fourth-order valence-electron chi connectivity index (χ4n) is 0. The van der Waals surface area contributed by atoms with E-state index < -0.39 is 10.7 Å². The van der Waals surface area contributed by atoms with Gasteiger partial charge in [-0.1, -0.05) is 6.58 Å². The van der Waals surface area contributed by atoms with Gasteiger partial charge in [-0.3, -0.25) is 4.79 Å². The Morgan fingerprint density at radius 3 is 1.56 bits per heavy atom. The average molecular weight is 171 g/mol. The number of hydrogen-bond acceptors (Lipinski definition) is 2. The Labute approximate surface area is 61.9 Å². The fraction of sp³-hybridized carbons (Fsp3) is 0. The van der Waals surface area contributed by atoms with Crippen molar-refractivity contribution in [3.05, 3.63) is 12.7 Å². The van der Waals surface area contributed by atoms with Gasteiger partial charge in [0, 0.05) is 6.08 Å². The van der Waals surface area contributed by atoms with Crippen LogP contribution in [0.2, 0.25) is 0 Å². The summed E-state index contributed by atoms with van der Waals surface area (Å²) in [6.45, 7) is 2.96. The maximum Gasteiger partial charge on any atom is 0.327 e. The smallest absolute Gasteiger partial charge is 0.327 e. The highest BCUT2D eigenvalue weighted by Gasteiger charge is 1.73. The fourth-order valence-corrected chi connectivity index (χ4v) is 0. The summed E-state index contributed by atoms with van der Waals surface area (Å²) in [7, 11) is 0. The summed E-state index contributed by atoms with van der Waals surface area (Å²) < 4.78 is -0.889. The van der Waals surface area contributed by atoms with Crippen molar-refractivity contribution in [2.45, 2.75) is 0 Å². The van der Waals surface area contributed by atoms with Crippen molar-refractivity contribution < 1.29 is 14.7 Å². The minimum absolute atomic E-state index is 0.833. The van der Waals surface area contributed by atoms with Gasteiger partial charge in [0.1, 0.15) is 0 Å². The largest absolute Gasteiger partial charge is 0.478 e. The number of aliphatic carboxylic acids is 1. The molecule has 1 N–H and O–H groups in total. The molecule has 0 aromatic carbocycles. The second kappa shape index (κ2) is 7.46. The minimum Gasteiger partial charge on any atom is -0.478 e. The van der Waals surface area contributed by atoms with Crippen LogP contribution in [0.15, 0.2) is 12.7 Å². The predicted octanol–water partition coefficient (Wildman–Crippen LogP) is 1.84. The summed E-state index contributed by atoms with van der Waals surface area (Å²) >= 11 is 8.80. The Hall–Kier alpha value is -0.540. The lowest BCUT2D eigenvalue weighted by molar-refractivity contribution is -0.131. The van der Waals surface area contributed by atoms with E-state index in [2.05, 4.69) is 29.8 Å². The van der Waals surface area contributed by atoms with Crippen LogP contribution < -0.4 is 0 Å². The molecule has 0 atom stereocenters. The van der Waals surface area contributed by atoms with E-state index in [0.717, 1.165) is 6.08 Å². The molecule has 5 heteroatoms. The third-order valence-corrected chi connectivity index (χ3v) is 0.175. The van der Waals surface area contributed by atoms with Crippen LogP contribution in [0.4, 0.5) is 4.79 Å². The Balaban J connectivity index is 0. The van der Waals surface area contributed by atoms with Crippen LogP contribution >= 0.6 is 23.2 Å². The Morgan fingerprint density at radius 1 is 1.44 bits per heavy atom. The SMILES string of the molecule is C=CC(=O)O.O=C(Cl)Cl. The summed E-state index contributed by atoms with van der Waals surface area (Å²) in [5.74, 6) is -0.981. The second-order valence-corrected chi connectivity index (χ2v) is 1.65. The zero-order valence-electron chi connectivity index (χ0n) is 4.30. The van der Waals surface area contributed by atoms with E-state index in [1.165, 1.54) is 0 Å². The summed E-state index contributed by atoms with van der Waals surface area (Å²) in [5.41, 5.74) is 0. The third-order valence-electron chi connectivity index (χ3n) is 0.175. The van der Waals surface area contributed by atoms with Gasteiger partial charge in [-0.15, -0.1) is 0 Å². The molecule has 0 heterocycles. The first-order valence-corrected chi connectivity index (χ1v) is 2.46. The standard InChI is InChI=1S/C3H4O2.CCl2O/c1-2-3(4)5;2-1(3)4/h2H,1H2,(H,4,5);. The number of halogens is 2. The molecule has 0 fully saturated rings. The lowest BCUT2D eigenvalue weighted by Gasteiger charge is -1.64. The number of carboxylic acid groups (broad SMARTS) is 1. The van der Waals surface area contributed by atoms with Gasteiger partial charge in [-0.25, -0.2) is 4.79 Å². The number of carboxylic acids is 1. The molecule has 0 aromatic heterocycles. The molecule has 0 radical (unpaired) electrons. The molecule has 0 saturated heterocycles. The Bertz CT molecular complexity index is 117. The molecule has 0 aliphatic carbocycles. The highest BCUT2D eigenvalue weighted by molar-refractivity contribution is 6.93. The van der Waals surface area contributed by atoms with E-state index >= 15 is 0 Å². The summed E-state index contributed by atoms with van der Waals surface area (Å²) in [4.78, 5) is 18.2. The molecule has 0 spiro atoms. The first kappa shape index (κ1) is 11.3. The molecule has 0 bridgehead atoms. The van der Waals surface area contributed by atoms with Crippen LogP contribution in [-0.4, -0.2) is 15.8 Å². The lowest BCUT2D eigenvalue weighted by Crippen LogP contribution is -1.82. The van der Waals surface area contributed by atoms with Crippen LogP contribution in [0.5, 0.6) is 0 Å². The Kier molecular flexibility index (Phi) is 9.35. The number of carbonyl (C=O) groups excluding carboxylic acids is 1. The first-order valence-electron chi connectivity index (χ1n) is 1.71. The number of rotatable bonds is 1. The van der Waals surface area contributed by atoms with Gasteiger partial charge in [-0.05, 0) is 23.2 Å². The Morgan fingerprint density at radius 2 is 1.56 bits per heavy atom. The number of carbonyl (C=O) groups is 2. The van der Waals surface area contributed by atoms with E-state index in [-0.39, 0.29) is 0 Å². The summed E-state index contributed by atoms with van der Waals surface area (Å²) in [5, 5.41) is 7.60. The summed E-state index contributed by atoms with van der Waals surface area (Å²) in [6, 6.07) is 0. The third kappa shape index (κ3) is 104. The van der Waals surface area contributed by atoms with Crippen LogP contribution in [0, 0.1) is 0 Å². The van der Waals surface area contributed by atoms with E-state index in [4.69, 9.17) is 9.90 Å². The highest BCUT2D eigenvalue weighted by Crippen LogP contribution is 1.84. The molecule has 0 saturated carbocycles. The minimum atomic E-state index is -0.981. The molecule has 0 amide bonds. The number of hydrogen-bond donors (Lipinski definition) is 1. The maximum absolute atomic E-state index is 9.25. The monoisotopic (exact) mass is 170 g/mol. The van der Waals surface area contributed by atoms with Crippen molar-refractivity contribution in [2.24, 2.45) is 0 Å². The zero-order valence-corrected chi connectivity index (χ0v) is 5.82. The molecule has 0 aliphatic rings. The van der Waals surface area contributed by atoms with Crippen molar-refractivity contribution in [1.82, 2.24) is 0 Å². The molecule has 0 unspecified atom stereocenters. The summed E-state index contributed by atoms with van der Waals surface area (Å²) in [6.07, 6.45) is 0.833. The van der Waals surface area contributed by atoms with Gasteiger partial charge in [0.2, 0.25) is 0 Å². The van der Waals surface area contributed by atoms with Crippen molar-refractivity contribution in [1.29, 1.82) is 0 Å². The van der Waals surface area contributed by atoms with Gasteiger partial charge in [-0.2, -0.15) is 0 Å². The molecular weight excluding hydrogens is 167 g/mol. The van der Waals surface area contributed by atoms with Crippen molar-refractivity contribution >= 4 is 33.9 Å². The molecule has 52 valence electrons. The average Bonchev–Trinajstić information content (AvgIpc) is 1.65. The normalized spacial score (nSPS) is 6.44. The van der Waals surface area contributed by atoms with Crippen molar-refractivity contribution in [3.63, 3.8) is 0 Å². The lowest BCUT2D eigenvalue weighted by atomic mass is 10.7. The molecule has 0 aromatic rings. The van der Waals surface area contributed by atoms with Gasteiger partial charge in [0.05, 0.1) is 0 Å². The van der Waals surface area contributed by atoms with Gasteiger partial charge >= 0.3 is 10.7 Å². The van der Waals surface area contributed by atoms with Crippen LogP contribution in [0.3, 0.4) is 0 Å². The van der Waals surface area contributed by atoms with Crippen LogP contribution in [0.25, 0.3) is 0 Å². The first-order chi connectivity index (χ1) is 4.00. The highest BCUT2D eigenvalue weighted by atomic mass is 35.5. The quantitative estimate of drug-likeness (QED) is 0.483. The van der Waals surface area contributed by atoms with Crippen molar-refractivity contribution in [2.75, 3.05) is 0 Å².